The largest absolute Gasteiger partial charge is 0.455 e. The van der Waals surface area contributed by atoms with E-state index in [1.165, 1.54) is 34.6 Å². The van der Waals surface area contributed by atoms with E-state index in [2.05, 4.69) is 19.9 Å². The molecule has 0 bridgehead atoms. The summed E-state index contributed by atoms with van der Waals surface area (Å²) in [6.45, 7) is 0. The monoisotopic (exact) mass is 496 g/mol. The number of anilines is 1. The number of benzene rings is 2. The lowest BCUT2D eigenvalue weighted by Gasteiger charge is -2.14. The summed E-state index contributed by atoms with van der Waals surface area (Å²) in [6, 6.07) is 8.41. The van der Waals surface area contributed by atoms with Gasteiger partial charge >= 0.3 is 0 Å². The minimum Gasteiger partial charge on any atom is -0.455 e. The number of hydrogen-bond acceptors (Lipinski definition) is 7. The van der Waals surface area contributed by atoms with Crippen molar-refractivity contribution in [2.45, 2.75) is 4.90 Å². The molecule has 2 heterocycles. The highest BCUT2D eigenvalue weighted by molar-refractivity contribution is 7.92. The molecule has 4 aromatic rings. The summed E-state index contributed by atoms with van der Waals surface area (Å²) < 4.78 is 47.7. The predicted octanol–water partition coefficient (Wildman–Crippen LogP) is 5.64. The Labute approximate surface area is 190 Å². The molecule has 4 rings (SSSR count). The van der Waals surface area contributed by atoms with Crippen LogP contribution in [0.1, 0.15) is 0 Å². The summed E-state index contributed by atoms with van der Waals surface area (Å²) in [4.78, 5) is 3.19. The molecule has 158 valence electrons. The lowest BCUT2D eigenvalue weighted by Crippen LogP contribution is -2.15. The van der Waals surface area contributed by atoms with Crippen molar-refractivity contribution in [3.63, 3.8) is 0 Å². The van der Waals surface area contributed by atoms with Gasteiger partial charge in [0.15, 0.2) is 5.82 Å². The maximum absolute atomic E-state index is 14.7. The number of hydrogen-bond donors (Lipinski definition) is 1. The van der Waals surface area contributed by atoms with Crippen LogP contribution in [0.5, 0.6) is 11.5 Å². The van der Waals surface area contributed by atoms with Gasteiger partial charge in [-0.1, -0.05) is 23.2 Å². The molecule has 0 atom stereocenters. The van der Waals surface area contributed by atoms with Crippen LogP contribution in [0.25, 0.3) is 11.1 Å². The first-order valence-electron chi connectivity index (χ1n) is 8.48. The summed E-state index contributed by atoms with van der Waals surface area (Å²) in [5.74, 6) is -0.715. The van der Waals surface area contributed by atoms with Crippen molar-refractivity contribution < 1.29 is 17.5 Å². The summed E-state index contributed by atoms with van der Waals surface area (Å²) in [5.41, 5.74) is 2.68. The third-order valence-corrected chi connectivity index (χ3v) is 6.49. The Hall–Kier alpha value is -2.79. The van der Waals surface area contributed by atoms with Gasteiger partial charge in [0, 0.05) is 27.6 Å². The number of rotatable bonds is 6. The smallest absolute Gasteiger partial charge is 0.266 e. The first-order valence-corrected chi connectivity index (χ1v) is 11.7. The average Bonchev–Trinajstić information content (AvgIpc) is 3.24. The van der Waals surface area contributed by atoms with Gasteiger partial charge in [-0.15, -0.1) is 11.3 Å². The number of ether oxygens (including phenoxy) is 1. The van der Waals surface area contributed by atoms with Crippen molar-refractivity contribution >= 4 is 50.4 Å². The average molecular weight is 497 g/mol. The molecule has 12 heteroatoms. The van der Waals surface area contributed by atoms with Gasteiger partial charge in [-0.05, 0) is 30.3 Å². The van der Waals surface area contributed by atoms with Gasteiger partial charge < -0.3 is 4.74 Å². The zero-order valence-electron chi connectivity index (χ0n) is 15.3. The summed E-state index contributed by atoms with van der Waals surface area (Å²) in [5, 5.41) is 9.38. The van der Waals surface area contributed by atoms with Crippen LogP contribution in [0, 0.1) is 5.82 Å². The number of nitrogens with one attached hydrogen (secondary N) is 1. The maximum atomic E-state index is 14.7. The molecule has 2 aromatic carbocycles. The maximum Gasteiger partial charge on any atom is 0.266 e. The molecule has 31 heavy (non-hydrogen) atoms. The van der Waals surface area contributed by atoms with E-state index in [-0.39, 0.29) is 16.6 Å². The van der Waals surface area contributed by atoms with E-state index < -0.39 is 20.7 Å². The fraction of sp³-hybridized carbons (Fsp3) is 0. The van der Waals surface area contributed by atoms with Crippen molar-refractivity contribution in [1.82, 2.24) is 15.2 Å². The van der Waals surface area contributed by atoms with E-state index in [1.54, 1.807) is 24.3 Å². The Kier molecular flexibility index (Phi) is 6.05. The fourth-order valence-corrected chi connectivity index (χ4v) is 4.72. The minimum absolute atomic E-state index is 0.0719. The molecule has 0 unspecified atom stereocenters. The molecule has 0 radical (unpaired) electrons. The lowest BCUT2D eigenvalue weighted by molar-refractivity contribution is 0.475. The zero-order valence-corrected chi connectivity index (χ0v) is 18.4. The van der Waals surface area contributed by atoms with E-state index >= 15 is 0 Å². The number of halogens is 3. The molecule has 7 nitrogen and oxygen atoms in total. The molecule has 0 saturated carbocycles. The van der Waals surface area contributed by atoms with Gasteiger partial charge in [-0.3, -0.25) is 4.72 Å². The van der Waals surface area contributed by atoms with Gasteiger partial charge in [-0.25, -0.2) is 17.8 Å². The van der Waals surface area contributed by atoms with Crippen LogP contribution in [-0.4, -0.2) is 23.6 Å². The van der Waals surface area contributed by atoms with Crippen LogP contribution in [0.2, 0.25) is 10.0 Å². The van der Waals surface area contributed by atoms with Gasteiger partial charge in [0.05, 0.1) is 22.9 Å². The lowest BCUT2D eigenvalue weighted by atomic mass is 10.1. The minimum atomic E-state index is -4.24. The SMILES string of the molecule is O=S(=O)(Nc1cscn1)c1cc(Cl)c(Oc2ccc(Cl)cc2-c2ccnnc2)cc1F. The number of sulfonamides is 1. The molecule has 0 saturated heterocycles. The molecule has 0 spiro atoms. The molecular weight excluding hydrogens is 486 g/mol. The van der Waals surface area contributed by atoms with E-state index in [4.69, 9.17) is 27.9 Å². The predicted molar refractivity (Wildman–Crippen MR) is 117 cm³/mol. The van der Waals surface area contributed by atoms with E-state index in [0.717, 1.165) is 12.1 Å². The van der Waals surface area contributed by atoms with Crippen LogP contribution >= 0.6 is 34.5 Å². The molecule has 0 fully saturated rings. The Morgan fingerprint density at radius 1 is 1.06 bits per heavy atom. The molecule has 0 aliphatic heterocycles. The van der Waals surface area contributed by atoms with Crippen LogP contribution in [-0.2, 0) is 10.0 Å². The number of aromatic nitrogens is 3. The van der Waals surface area contributed by atoms with Crippen molar-refractivity contribution in [1.29, 1.82) is 0 Å². The second-order valence-corrected chi connectivity index (χ2v) is 9.28. The van der Waals surface area contributed by atoms with Crippen LogP contribution < -0.4 is 9.46 Å². The second kappa shape index (κ2) is 8.75. The zero-order chi connectivity index (χ0) is 22.0. The normalized spacial score (nSPS) is 11.3. The van der Waals surface area contributed by atoms with Gasteiger partial charge in [0.2, 0.25) is 0 Å². The Balaban J connectivity index is 1.69. The molecule has 1 N–H and O–H groups in total. The van der Waals surface area contributed by atoms with Crippen molar-refractivity contribution in [2.24, 2.45) is 0 Å². The molecule has 2 aromatic heterocycles. The standard InChI is InChI=1S/C19H11Cl2FN4O3S2/c20-12-1-2-16(13(5-12)11-3-4-24-25-8-11)29-17-7-15(22)18(6-14(17)21)31(27,28)26-19-9-30-10-23-19/h1-10,26H. The molecule has 0 aliphatic carbocycles. The highest BCUT2D eigenvalue weighted by atomic mass is 35.5. The van der Waals surface area contributed by atoms with Crippen LogP contribution in [0.4, 0.5) is 10.2 Å². The molecule has 0 amide bonds. The second-order valence-electron chi connectivity index (χ2n) is 6.07. The highest BCUT2D eigenvalue weighted by Crippen LogP contribution is 2.39. The summed E-state index contributed by atoms with van der Waals surface area (Å²) in [7, 11) is -4.24. The highest BCUT2D eigenvalue weighted by Gasteiger charge is 2.23. The Morgan fingerprint density at radius 3 is 2.61 bits per heavy atom. The Morgan fingerprint density at radius 2 is 1.90 bits per heavy atom. The van der Waals surface area contributed by atoms with Crippen molar-refractivity contribution in [2.75, 3.05) is 4.72 Å². The van der Waals surface area contributed by atoms with Crippen LogP contribution in [0.15, 0.2) is 64.6 Å². The third-order valence-electron chi connectivity index (χ3n) is 4.00. The van der Waals surface area contributed by atoms with Crippen molar-refractivity contribution in [3.05, 3.63) is 75.5 Å². The van der Waals surface area contributed by atoms with E-state index in [9.17, 15) is 12.8 Å². The quantitative estimate of drug-likeness (QED) is 0.371. The number of nitrogens with zero attached hydrogens (tertiary/aromatic N) is 3. The third kappa shape index (κ3) is 4.77. The molecule has 0 aliphatic rings. The van der Waals surface area contributed by atoms with Gasteiger partial charge in [0.25, 0.3) is 10.0 Å². The van der Waals surface area contributed by atoms with E-state index in [0.29, 0.717) is 21.9 Å². The summed E-state index contributed by atoms with van der Waals surface area (Å²) >= 11 is 13.5. The number of thiazole rings is 1. The molecular formula is C19H11Cl2FN4O3S2. The van der Waals surface area contributed by atoms with Crippen molar-refractivity contribution in [3.8, 4) is 22.6 Å². The van der Waals surface area contributed by atoms with Gasteiger partial charge in [-0.2, -0.15) is 10.2 Å². The fourth-order valence-electron chi connectivity index (χ4n) is 2.64. The summed E-state index contributed by atoms with van der Waals surface area (Å²) in [6.07, 6.45) is 3.02. The van der Waals surface area contributed by atoms with Crippen LogP contribution in [0.3, 0.4) is 0 Å². The van der Waals surface area contributed by atoms with Gasteiger partial charge in [0.1, 0.15) is 22.2 Å². The Bertz CT molecular complexity index is 1340. The first kappa shape index (κ1) is 21.4. The van der Waals surface area contributed by atoms with E-state index in [1.807, 2.05) is 0 Å². The first-order chi connectivity index (χ1) is 14.8. The topological polar surface area (TPSA) is 94.1 Å².